The maximum Gasteiger partial charge on any atom is 0.249 e. The molecule has 0 aliphatic carbocycles. The molecule has 3 aromatic rings. The van der Waals surface area contributed by atoms with Gasteiger partial charge in [-0.3, -0.25) is 4.79 Å². The number of carbonyl (C=O) groups excluding carboxylic acids is 1. The van der Waals surface area contributed by atoms with Crippen LogP contribution in [0.25, 0.3) is 10.2 Å². The van der Waals surface area contributed by atoms with Gasteiger partial charge in [-0.25, -0.2) is 4.98 Å². The molecule has 1 atom stereocenters. The SMILES string of the molecule is O=C(COCc1nc2ccccc2s1)N1CCC[C@H]1c1ccc2c(c1)OCCCO2. The minimum Gasteiger partial charge on any atom is -0.490 e. The molecular weight excluding hydrogens is 400 g/mol. The third-order valence-electron chi connectivity index (χ3n) is 5.52. The molecule has 0 saturated carbocycles. The van der Waals surface area contributed by atoms with Crippen molar-refractivity contribution in [2.45, 2.75) is 31.9 Å². The lowest BCUT2D eigenvalue weighted by Gasteiger charge is -2.25. The number of rotatable bonds is 5. The number of hydrogen-bond acceptors (Lipinski definition) is 6. The van der Waals surface area contributed by atoms with E-state index < -0.39 is 0 Å². The van der Waals surface area contributed by atoms with Gasteiger partial charge in [-0.05, 0) is 42.7 Å². The Morgan fingerprint density at radius 3 is 2.90 bits per heavy atom. The number of carbonyl (C=O) groups is 1. The normalized spacial score (nSPS) is 18.5. The number of likely N-dealkylation sites (tertiary alicyclic amines) is 1. The van der Waals surface area contributed by atoms with Crippen LogP contribution in [0.2, 0.25) is 0 Å². The van der Waals surface area contributed by atoms with E-state index in [4.69, 9.17) is 14.2 Å². The summed E-state index contributed by atoms with van der Waals surface area (Å²) >= 11 is 1.61. The Morgan fingerprint density at radius 2 is 2.00 bits per heavy atom. The Kier molecular flexibility index (Phi) is 5.55. The van der Waals surface area contributed by atoms with Crippen LogP contribution in [0.3, 0.4) is 0 Å². The Bertz CT molecular complexity index is 1020. The van der Waals surface area contributed by atoms with Crippen LogP contribution in [0, 0.1) is 0 Å². The molecule has 3 heterocycles. The number of amides is 1. The van der Waals surface area contributed by atoms with Crippen molar-refractivity contribution in [1.82, 2.24) is 9.88 Å². The molecule has 0 bridgehead atoms. The van der Waals surface area contributed by atoms with Crippen molar-refractivity contribution in [3.05, 3.63) is 53.0 Å². The maximum atomic E-state index is 12.9. The molecule has 7 heteroatoms. The second-order valence-electron chi connectivity index (χ2n) is 7.57. The molecule has 1 saturated heterocycles. The average molecular weight is 425 g/mol. The fourth-order valence-electron chi connectivity index (χ4n) is 4.09. The lowest BCUT2D eigenvalue weighted by molar-refractivity contribution is -0.137. The first kappa shape index (κ1) is 19.3. The summed E-state index contributed by atoms with van der Waals surface area (Å²) in [5.41, 5.74) is 2.07. The van der Waals surface area contributed by atoms with E-state index in [0.717, 1.165) is 58.1 Å². The number of benzene rings is 2. The van der Waals surface area contributed by atoms with Gasteiger partial charge in [0.25, 0.3) is 0 Å². The van der Waals surface area contributed by atoms with Gasteiger partial charge in [-0.1, -0.05) is 18.2 Å². The van der Waals surface area contributed by atoms with Crippen LogP contribution >= 0.6 is 11.3 Å². The first-order valence-corrected chi connectivity index (χ1v) is 11.2. The second kappa shape index (κ2) is 8.62. The molecule has 2 aliphatic heterocycles. The summed E-state index contributed by atoms with van der Waals surface area (Å²) in [7, 11) is 0. The predicted molar refractivity (Wildman–Crippen MR) is 115 cm³/mol. The van der Waals surface area contributed by atoms with Crippen LogP contribution in [0.1, 0.15) is 35.9 Å². The average Bonchev–Trinajstić information content (AvgIpc) is 3.34. The summed E-state index contributed by atoms with van der Waals surface area (Å²) in [4.78, 5) is 19.4. The van der Waals surface area contributed by atoms with Gasteiger partial charge in [-0.15, -0.1) is 11.3 Å². The Balaban J connectivity index is 1.22. The minimum atomic E-state index is 0.0192. The van der Waals surface area contributed by atoms with Crippen molar-refractivity contribution in [2.24, 2.45) is 0 Å². The largest absolute Gasteiger partial charge is 0.490 e. The summed E-state index contributed by atoms with van der Waals surface area (Å²) in [5.74, 6) is 1.58. The second-order valence-corrected chi connectivity index (χ2v) is 8.69. The lowest BCUT2D eigenvalue weighted by Crippen LogP contribution is -2.33. The molecule has 2 aliphatic rings. The van der Waals surface area contributed by atoms with Gasteiger partial charge in [-0.2, -0.15) is 0 Å². The molecule has 0 N–H and O–H groups in total. The fraction of sp³-hybridized carbons (Fsp3) is 0.391. The van der Waals surface area contributed by atoms with Crippen molar-refractivity contribution in [3.8, 4) is 11.5 Å². The quantitative estimate of drug-likeness (QED) is 0.610. The van der Waals surface area contributed by atoms with Crippen molar-refractivity contribution in [1.29, 1.82) is 0 Å². The first-order chi connectivity index (χ1) is 14.8. The van der Waals surface area contributed by atoms with E-state index in [9.17, 15) is 4.79 Å². The van der Waals surface area contributed by atoms with Gasteiger partial charge in [0, 0.05) is 13.0 Å². The van der Waals surface area contributed by atoms with Gasteiger partial charge in [0.1, 0.15) is 11.6 Å². The topological polar surface area (TPSA) is 60.9 Å². The molecular formula is C23H24N2O4S. The summed E-state index contributed by atoms with van der Waals surface area (Å²) < 4.78 is 18.4. The summed E-state index contributed by atoms with van der Waals surface area (Å²) in [6.45, 7) is 2.50. The van der Waals surface area contributed by atoms with Gasteiger partial charge in [0.2, 0.25) is 5.91 Å². The number of hydrogen-bond donors (Lipinski definition) is 0. The molecule has 6 nitrogen and oxygen atoms in total. The lowest BCUT2D eigenvalue weighted by atomic mass is 10.0. The first-order valence-electron chi connectivity index (χ1n) is 10.4. The number of fused-ring (bicyclic) bond motifs is 2. The molecule has 5 rings (SSSR count). The highest BCUT2D eigenvalue weighted by Crippen LogP contribution is 2.38. The van der Waals surface area contributed by atoms with E-state index in [0.29, 0.717) is 19.8 Å². The maximum absolute atomic E-state index is 12.9. The Hall–Kier alpha value is -2.64. The molecule has 1 aromatic heterocycles. The standard InChI is InChI=1S/C23H24N2O4S/c26-23(15-27-14-22-24-17-5-1-2-7-21(17)30-22)25-10-3-6-18(25)16-8-9-19-20(13-16)29-12-4-11-28-19/h1-2,5,7-9,13,18H,3-4,6,10-12,14-15H2/t18-/m0/s1. The molecule has 0 unspecified atom stereocenters. The van der Waals surface area contributed by atoms with Gasteiger partial charge >= 0.3 is 0 Å². The Morgan fingerprint density at radius 1 is 1.13 bits per heavy atom. The Labute approximate surface area is 179 Å². The summed E-state index contributed by atoms with van der Waals surface area (Å²) in [5, 5.41) is 0.893. The highest BCUT2D eigenvalue weighted by Gasteiger charge is 2.30. The van der Waals surface area contributed by atoms with Crippen molar-refractivity contribution < 1.29 is 19.0 Å². The van der Waals surface area contributed by atoms with Crippen molar-refractivity contribution in [2.75, 3.05) is 26.4 Å². The van der Waals surface area contributed by atoms with Gasteiger partial charge in [0.15, 0.2) is 11.5 Å². The highest BCUT2D eigenvalue weighted by atomic mass is 32.1. The molecule has 1 fully saturated rings. The van der Waals surface area contributed by atoms with Crippen LogP contribution in [0.15, 0.2) is 42.5 Å². The number of ether oxygens (including phenoxy) is 3. The number of nitrogens with zero attached hydrogens (tertiary/aromatic N) is 2. The van der Waals surface area contributed by atoms with Crippen LogP contribution < -0.4 is 9.47 Å². The van der Waals surface area contributed by atoms with Crippen LogP contribution in [-0.4, -0.2) is 42.2 Å². The third kappa shape index (κ3) is 4.00. The number of aromatic nitrogens is 1. The van der Waals surface area contributed by atoms with E-state index in [1.165, 1.54) is 0 Å². The number of thiazole rings is 1. The third-order valence-corrected chi connectivity index (χ3v) is 6.53. The summed E-state index contributed by atoms with van der Waals surface area (Å²) in [6, 6.07) is 14.1. The molecule has 156 valence electrons. The van der Waals surface area contributed by atoms with E-state index in [-0.39, 0.29) is 18.6 Å². The molecule has 2 aromatic carbocycles. The predicted octanol–water partition coefficient (Wildman–Crippen LogP) is 4.34. The molecule has 0 radical (unpaired) electrons. The monoisotopic (exact) mass is 424 g/mol. The van der Waals surface area contributed by atoms with Crippen molar-refractivity contribution >= 4 is 27.5 Å². The van der Waals surface area contributed by atoms with Crippen LogP contribution in [-0.2, 0) is 16.1 Å². The van der Waals surface area contributed by atoms with Crippen LogP contribution in [0.4, 0.5) is 0 Å². The van der Waals surface area contributed by atoms with Crippen LogP contribution in [0.5, 0.6) is 11.5 Å². The van der Waals surface area contributed by atoms with Gasteiger partial charge in [0.05, 0.1) is 36.1 Å². The van der Waals surface area contributed by atoms with E-state index in [2.05, 4.69) is 4.98 Å². The summed E-state index contributed by atoms with van der Waals surface area (Å²) in [6.07, 6.45) is 2.82. The van der Waals surface area contributed by atoms with E-state index in [1.54, 1.807) is 11.3 Å². The smallest absolute Gasteiger partial charge is 0.249 e. The van der Waals surface area contributed by atoms with E-state index >= 15 is 0 Å². The zero-order valence-corrected chi connectivity index (χ0v) is 17.5. The fourth-order valence-corrected chi connectivity index (χ4v) is 4.99. The molecule has 30 heavy (non-hydrogen) atoms. The zero-order valence-electron chi connectivity index (χ0n) is 16.7. The van der Waals surface area contributed by atoms with Gasteiger partial charge < -0.3 is 19.1 Å². The zero-order chi connectivity index (χ0) is 20.3. The molecule has 0 spiro atoms. The minimum absolute atomic E-state index is 0.0192. The highest BCUT2D eigenvalue weighted by molar-refractivity contribution is 7.18. The number of para-hydroxylation sites is 1. The molecule has 1 amide bonds. The van der Waals surface area contributed by atoms with E-state index in [1.807, 2.05) is 47.4 Å². The van der Waals surface area contributed by atoms with Crippen molar-refractivity contribution in [3.63, 3.8) is 0 Å².